The van der Waals surface area contributed by atoms with Crippen LogP contribution < -0.4 is 5.32 Å². The maximum atomic E-state index is 12.3. The van der Waals surface area contributed by atoms with Gasteiger partial charge in [0, 0.05) is 11.0 Å². The Morgan fingerprint density at radius 1 is 1.04 bits per heavy atom. The third-order valence-corrected chi connectivity index (χ3v) is 6.12. The Morgan fingerprint density at radius 3 is 2.68 bits per heavy atom. The molecule has 1 amide bonds. The summed E-state index contributed by atoms with van der Waals surface area (Å²) in [6.45, 7) is 4.08. The van der Waals surface area contributed by atoms with Gasteiger partial charge in [0.1, 0.15) is 5.76 Å². The molecule has 2 aromatic carbocycles. The maximum absolute atomic E-state index is 12.3. The minimum Gasteiger partial charge on any atom is -0.450 e. The molecular weight excluding hydrogens is 388 g/mol. The summed E-state index contributed by atoms with van der Waals surface area (Å²) in [6.07, 6.45) is 1.75. The van der Waals surface area contributed by atoms with Crippen LogP contribution in [0.15, 0.2) is 85.0 Å². The lowest BCUT2D eigenvalue weighted by Gasteiger charge is -2.04. The van der Waals surface area contributed by atoms with Crippen molar-refractivity contribution in [2.45, 2.75) is 23.8 Å². The van der Waals surface area contributed by atoms with Gasteiger partial charge in [-0.2, -0.15) is 0 Å². The summed E-state index contributed by atoms with van der Waals surface area (Å²) in [5.41, 5.74) is 3.14. The number of rotatable bonds is 4. The summed E-state index contributed by atoms with van der Waals surface area (Å²) in [5.74, 6) is 0.479. The highest BCUT2D eigenvalue weighted by Gasteiger charge is 2.24. The molecule has 0 atom stereocenters. The minimum absolute atomic E-state index is 0.164. The summed E-state index contributed by atoms with van der Waals surface area (Å²) >= 11 is 2.87. The molecule has 0 spiro atoms. The molecule has 1 aromatic heterocycles. The van der Waals surface area contributed by atoms with Crippen molar-refractivity contribution in [2.24, 2.45) is 4.99 Å². The number of carbonyl (C=O) groups excluding carboxylic acids is 1. The highest BCUT2D eigenvalue weighted by Crippen LogP contribution is 2.32. The van der Waals surface area contributed by atoms with Gasteiger partial charge in [-0.1, -0.05) is 42.1 Å². The number of benzene rings is 2. The molecule has 1 fully saturated rings. The van der Waals surface area contributed by atoms with E-state index < -0.39 is 0 Å². The predicted molar refractivity (Wildman–Crippen MR) is 116 cm³/mol. The van der Waals surface area contributed by atoms with Crippen LogP contribution in [0.3, 0.4) is 0 Å². The van der Waals surface area contributed by atoms with Crippen LogP contribution in [-0.2, 0) is 4.79 Å². The van der Waals surface area contributed by atoms with E-state index in [9.17, 15) is 4.79 Å². The Morgan fingerprint density at radius 2 is 1.86 bits per heavy atom. The molecule has 0 bridgehead atoms. The Balaban J connectivity index is 1.51. The lowest BCUT2D eigenvalue weighted by molar-refractivity contribution is -0.115. The van der Waals surface area contributed by atoms with Gasteiger partial charge in [0.25, 0.3) is 5.91 Å². The lowest BCUT2D eigenvalue weighted by atomic mass is 10.1. The van der Waals surface area contributed by atoms with E-state index in [1.807, 2.05) is 74.5 Å². The molecule has 28 heavy (non-hydrogen) atoms. The van der Waals surface area contributed by atoms with Crippen molar-refractivity contribution in [1.29, 1.82) is 0 Å². The number of thioether (sulfide) groups is 1. The van der Waals surface area contributed by atoms with Crippen LogP contribution in [-0.4, -0.2) is 11.1 Å². The van der Waals surface area contributed by atoms with E-state index >= 15 is 0 Å². The van der Waals surface area contributed by atoms with Crippen molar-refractivity contribution < 1.29 is 9.21 Å². The Hall–Kier alpha value is -2.70. The quantitative estimate of drug-likeness (QED) is 0.545. The van der Waals surface area contributed by atoms with Crippen LogP contribution in [0.1, 0.15) is 16.9 Å². The zero-order valence-corrected chi connectivity index (χ0v) is 17.1. The van der Waals surface area contributed by atoms with Crippen LogP contribution in [0.2, 0.25) is 0 Å². The first-order valence-electron chi connectivity index (χ1n) is 8.77. The molecule has 0 aliphatic carbocycles. The highest BCUT2D eigenvalue weighted by atomic mass is 32.2. The van der Waals surface area contributed by atoms with E-state index in [0.717, 1.165) is 21.2 Å². The van der Waals surface area contributed by atoms with Crippen molar-refractivity contribution in [3.05, 3.63) is 82.5 Å². The number of amidine groups is 1. The average Bonchev–Trinajstić information content (AvgIpc) is 3.26. The summed E-state index contributed by atoms with van der Waals surface area (Å²) in [7, 11) is 0. The standard InChI is InChI=1S/C22H18N2O2S2/c1-14-7-6-10-18(15(14)2)23-22-24-21(25)19(28-22)13-16-11-12-20(26-16)27-17-8-4-3-5-9-17/h3-13H,1-2H3,(H,23,24,25)/b19-13-. The maximum Gasteiger partial charge on any atom is 0.264 e. The largest absolute Gasteiger partial charge is 0.450 e. The van der Waals surface area contributed by atoms with E-state index in [1.54, 1.807) is 17.8 Å². The molecule has 0 saturated carbocycles. The van der Waals surface area contributed by atoms with Gasteiger partial charge in [0.2, 0.25) is 0 Å². The number of aryl methyl sites for hydroxylation is 1. The fourth-order valence-corrected chi connectivity index (χ4v) is 4.26. The predicted octanol–water partition coefficient (Wildman–Crippen LogP) is 5.94. The van der Waals surface area contributed by atoms with Gasteiger partial charge in [-0.25, -0.2) is 4.99 Å². The second kappa shape index (κ2) is 8.12. The van der Waals surface area contributed by atoms with E-state index in [1.165, 1.54) is 17.3 Å². The second-order valence-electron chi connectivity index (χ2n) is 6.27. The van der Waals surface area contributed by atoms with Gasteiger partial charge < -0.3 is 9.73 Å². The first kappa shape index (κ1) is 18.7. The van der Waals surface area contributed by atoms with E-state index in [4.69, 9.17) is 4.42 Å². The molecule has 1 aliphatic heterocycles. The first-order valence-corrected chi connectivity index (χ1v) is 10.4. The average molecular weight is 407 g/mol. The fraction of sp³-hybridized carbons (Fsp3) is 0.0909. The highest BCUT2D eigenvalue weighted by molar-refractivity contribution is 8.18. The summed E-state index contributed by atoms with van der Waals surface area (Å²) in [6, 6.07) is 19.8. The third kappa shape index (κ3) is 4.24. The number of nitrogens with zero attached hydrogens (tertiary/aromatic N) is 1. The molecule has 2 heterocycles. The van der Waals surface area contributed by atoms with Crippen molar-refractivity contribution >= 4 is 46.4 Å². The molecule has 1 N–H and O–H groups in total. The lowest BCUT2D eigenvalue weighted by Crippen LogP contribution is -2.19. The van der Waals surface area contributed by atoms with E-state index in [2.05, 4.69) is 10.3 Å². The summed E-state index contributed by atoms with van der Waals surface area (Å²) in [5, 5.41) is 4.19. The topological polar surface area (TPSA) is 54.6 Å². The summed E-state index contributed by atoms with van der Waals surface area (Å²) in [4.78, 5) is 18.6. The van der Waals surface area contributed by atoms with Gasteiger partial charge >= 0.3 is 0 Å². The summed E-state index contributed by atoms with van der Waals surface area (Å²) < 4.78 is 5.84. The zero-order chi connectivity index (χ0) is 19.5. The van der Waals surface area contributed by atoms with Gasteiger partial charge in [0.15, 0.2) is 10.3 Å². The van der Waals surface area contributed by atoms with Crippen LogP contribution >= 0.6 is 23.5 Å². The minimum atomic E-state index is -0.164. The molecule has 1 aliphatic rings. The smallest absolute Gasteiger partial charge is 0.264 e. The molecule has 1 saturated heterocycles. The van der Waals surface area contributed by atoms with Gasteiger partial charge in [-0.15, -0.1) is 0 Å². The molecule has 4 rings (SSSR count). The molecule has 3 aromatic rings. The number of hydrogen-bond donors (Lipinski definition) is 1. The number of hydrogen-bond acceptors (Lipinski definition) is 5. The van der Waals surface area contributed by atoms with Crippen LogP contribution in [0.4, 0.5) is 5.69 Å². The Kier molecular flexibility index (Phi) is 5.41. The Bertz CT molecular complexity index is 1080. The molecule has 140 valence electrons. The first-order chi connectivity index (χ1) is 13.6. The molecular formula is C22H18N2O2S2. The third-order valence-electron chi connectivity index (χ3n) is 4.29. The normalized spacial score (nSPS) is 16.7. The van der Waals surface area contributed by atoms with Crippen LogP contribution in [0.25, 0.3) is 6.08 Å². The van der Waals surface area contributed by atoms with Crippen LogP contribution in [0.5, 0.6) is 0 Å². The van der Waals surface area contributed by atoms with Crippen molar-refractivity contribution in [2.75, 3.05) is 0 Å². The second-order valence-corrected chi connectivity index (χ2v) is 8.38. The van der Waals surface area contributed by atoms with Crippen LogP contribution in [0, 0.1) is 13.8 Å². The number of nitrogens with one attached hydrogen (secondary N) is 1. The van der Waals surface area contributed by atoms with Crippen molar-refractivity contribution in [3.63, 3.8) is 0 Å². The van der Waals surface area contributed by atoms with Gasteiger partial charge in [0.05, 0.1) is 10.6 Å². The number of aliphatic imine (C=N–C) groups is 1. The van der Waals surface area contributed by atoms with Crippen molar-refractivity contribution in [1.82, 2.24) is 5.32 Å². The van der Waals surface area contributed by atoms with Gasteiger partial charge in [-0.3, -0.25) is 4.79 Å². The van der Waals surface area contributed by atoms with Gasteiger partial charge in [-0.05, 0) is 67.1 Å². The van der Waals surface area contributed by atoms with Crippen molar-refractivity contribution in [3.8, 4) is 0 Å². The van der Waals surface area contributed by atoms with E-state index in [0.29, 0.717) is 15.8 Å². The molecule has 6 heteroatoms. The zero-order valence-electron chi connectivity index (χ0n) is 15.4. The SMILES string of the molecule is Cc1cccc(N=C2NC(=O)/C(=C/c3ccc(Sc4ccccc4)o3)S2)c1C. The molecule has 4 nitrogen and oxygen atoms in total. The fourth-order valence-electron chi connectivity index (χ4n) is 2.65. The number of amides is 1. The van der Waals surface area contributed by atoms with E-state index in [-0.39, 0.29) is 5.91 Å². The number of furan rings is 1. The monoisotopic (exact) mass is 406 g/mol. The Labute approximate surface area is 172 Å². The molecule has 0 unspecified atom stereocenters. The molecule has 0 radical (unpaired) electrons. The number of carbonyl (C=O) groups is 1.